The second-order valence-electron chi connectivity index (χ2n) is 15.4. The molecule has 3 heteroatoms. The summed E-state index contributed by atoms with van der Waals surface area (Å²) in [6.07, 6.45) is 0. The molecule has 0 unspecified atom stereocenters. The average molecular weight is 778 g/mol. The van der Waals surface area contributed by atoms with E-state index in [-0.39, 0.29) is 0 Å². The highest BCUT2D eigenvalue weighted by Gasteiger charge is 2.23. The molecule has 0 fully saturated rings. The van der Waals surface area contributed by atoms with Crippen LogP contribution >= 0.6 is 0 Å². The maximum absolute atomic E-state index is 5.44. The van der Waals surface area contributed by atoms with Gasteiger partial charge in [0, 0.05) is 33.2 Å². The van der Waals surface area contributed by atoms with E-state index in [1.54, 1.807) is 0 Å². The van der Waals surface area contributed by atoms with Gasteiger partial charge < -0.3 is 0 Å². The van der Waals surface area contributed by atoms with Crippen molar-refractivity contribution in [3.63, 3.8) is 0 Å². The summed E-state index contributed by atoms with van der Waals surface area (Å²) in [6, 6.07) is 84.0. The van der Waals surface area contributed by atoms with E-state index in [1.165, 1.54) is 10.9 Å². The molecule has 0 aliphatic carbocycles. The smallest absolute Gasteiger partial charge is 0.101 e. The lowest BCUT2D eigenvalue weighted by molar-refractivity contribution is 0.979. The molecule has 0 saturated carbocycles. The van der Waals surface area contributed by atoms with Crippen LogP contribution in [0.1, 0.15) is 0 Å². The molecule has 0 aliphatic heterocycles. The molecule has 11 aromatic rings. The number of rotatable bonds is 8. The molecule has 0 radical (unpaired) electrons. The summed E-state index contributed by atoms with van der Waals surface area (Å²) >= 11 is 0. The number of hydrogen-bond donors (Lipinski definition) is 0. The number of benzene rings is 8. The van der Waals surface area contributed by atoms with Crippen molar-refractivity contribution in [2.75, 3.05) is 0 Å². The molecule has 0 atom stereocenters. The quantitative estimate of drug-likeness (QED) is 0.154. The minimum atomic E-state index is 0.933. The van der Waals surface area contributed by atoms with E-state index in [2.05, 4.69) is 241 Å². The first-order chi connectivity index (χ1) is 30.2. The molecule has 3 heterocycles. The van der Waals surface area contributed by atoms with E-state index < -0.39 is 0 Å². The largest absolute Gasteiger partial charge is 0.248 e. The Labute approximate surface area is 355 Å². The fraction of sp³-hybridized carbons (Fsp3) is 0. The topological polar surface area (TPSA) is 30.2 Å². The van der Waals surface area contributed by atoms with Gasteiger partial charge in [-0.2, -0.15) is 5.10 Å². The normalized spacial score (nSPS) is 11.3. The highest BCUT2D eigenvalue weighted by atomic mass is 15.2. The standard InChI is InChI=1S/C58H39N3/c1-6-19-40(20-7-1)45-29-17-32-48(36-45)54-38-49(37-53(59-54)41-21-8-2-9-22-41)46-30-16-31-47(35-46)50-33-18-34-51-52(50)39-55(42-23-10-3-11-24-42)61-58(51)56(43-25-12-4-13-26-43)57(60-61)44-27-14-5-15-28-44/h1-39H. The van der Waals surface area contributed by atoms with Gasteiger partial charge >= 0.3 is 0 Å². The first kappa shape index (κ1) is 36.0. The third-order valence-corrected chi connectivity index (χ3v) is 11.6. The third-order valence-electron chi connectivity index (χ3n) is 11.6. The van der Waals surface area contributed by atoms with E-state index in [0.29, 0.717) is 0 Å². The van der Waals surface area contributed by atoms with Crippen LogP contribution in [0.3, 0.4) is 0 Å². The monoisotopic (exact) mass is 777 g/mol. The van der Waals surface area contributed by atoms with E-state index >= 15 is 0 Å². The van der Waals surface area contributed by atoms with Crippen LogP contribution in [0.5, 0.6) is 0 Å². The van der Waals surface area contributed by atoms with E-state index in [4.69, 9.17) is 10.1 Å². The van der Waals surface area contributed by atoms with Crippen molar-refractivity contribution >= 4 is 16.3 Å². The molecule has 3 nitrogen and oxygen atoms in total. The van der Waals surface area contributed by atoms with Crippen molar-refractivity contribution < 1.29 is 0 Å². The second-order valence-corrected chi connectivity index (χ2v) is 15.4. The number of fused-ring (bicyclic) bond motifs is 3. The zero-order chi connectivity index (χ0) is 40.5. The van der Waals surface area contributed by atoms with Gasteiger partial charge in [0.25, 0.3) is 0 Å². The molecule has 0 aliphatic rings. The SMILES string of the molecule is c1ccc(-c2cccc(-c3cc(-c4cccc(-c5cccc6c5cc(-c5ccccc5)n5nc(-c7ccccc7)c(-c7ccccc7)c65)c4)cc(-c4ccccc4)n3)c2)cc1. The molecular formula is C58H39N3. The van der Waals surface area contributed by atoms with Gasteiger partial charge in [-0.05, 0) is 74.7 Å². The zero-order valence-electron chi connectivity index (χ0n) is 33.4. The molecule has 8 aromatic carbocycles. The Morgan fingerprint density at radius 1 is 0.295 bits per heavy atom. The van der Waals surface area contributed by atoms with Crippen LogP contribution in [0.4, 0.5) is 0 Å². The Kier molecular flexibility index (Phi) is 9.18. The van der Waals surface area contributed by atoms with Gasteiger partial charge in [0.15, 0.2) is 0 Å². The first-order valence-electron chi connectivity index (χ1n) is 20.7. The Morgan fingerprint density at radius 2 is 0.770 bits per heavy atom. The molecule has 0 bridgehead atoms. The first-order valence-corrected chi connectivity index (χ1v) is 20.7. The molecule has 11 rings (SSSR count). The van der Waals surface area contributed by atoms with E-state index in [0.717, 1.165) is 94.9 Å². The maximum Gasteiger partial charge on any atom is 0.101 e. The maximum atomic E-state index is 5.44. The Bertz CT molecular complexity index is 3320. The molecular weight excluding hydrogens is 739 g/mol. The lowest BCUT2D eigenvalue weighted by Gasteiger charge is -2.15. The zero-order valence-corrected chi connectivity index (χ0v) is 33.4. The fourth-order valence-corrected chi connectivity index (χ4v) is 8.67. The summed E-state index contributed by atoms with van der Waals surface area (Å²) in [5, 5.41) is 7.75. The van der Waals surface area contributed by atoms with Gasteiger partial charge in [-0.1, -0.05) is 206 Å². The molecule has 0 spiro atoms. The third kappa shape index (κ3) is 6.78. The number of aromatic nitrogens is 3. The van der Waals surface area contributed by atoms with E-state index in [9.17, 15) is 0 Å². The molecule has 0 saturated heterocycles. The number of nitrogens with zero attached hydrogens (tertiary/aromatic N) is 3. The summed E-state index contributed by atoms with van der Waals surface area (Å²) in [5.41, 5.74) is 18.4. The molecule has 3 aromatic heterocycles. The van der Waals surface area contributed by atoms with Crippen molar-refractivity contribution in [2.24, 2.45) is 0 Å². The molecule has 286 valence electrons. The second kappa shape index (κ2) is 15.6. The Morgan fingerprint density at radius 3 is 1.43 bits per heavy atom. The summed E-state index contributed by atoms with van der Waals surface area (Å²) in [5.74, 6) is 0. The van der Waals surface area contributed by atoms with Gasteiger partial charge in [0.2, 0.25) is 0 Å². The summed E-state index contributed by atoms with van der Waals surface area (Å²) in [4.78, 5) is 5.27. The molecule has 61 heavy (non-hydrogen) atoms. The number of pyridine rings is 2. The van der Waals surface area contributed by atoms with Crippen molar-refractivity contribution in [3.8, 4) is 89.5 Å². The van der Waals surface area contributed by atoms with Gasteiger partial charge in [0.05, 0.1) is 22.6 Å². The fourth-order valence-electron chi connectivity index (χ4n) is 8.67. The van der Waals surface area contributed by atoms with Crippen LogP contribution in [0.2, 0.25) is 0 Å². The van der Waals surface area contributed by atoms with Crippen LogP contribution in [-0.4, -0.2) is 14.6 Å². The molecule has 0 amide bonds. The van der Waals surface area contributed by atoms with Crippen molar-refractivity contribution in [2.45, 2.75) is 0 Å². The predicted molar refractivity (Wildman–Crippen MR) is 254 cm³/mol. The Hall–Kier alpha value is -8.14. The van der Waals surface area contributed by atoms with Crippen LogP contribution < -0.4 is 0 Å². The summed E-state index contributed by atoms with van der Waals surface area (Å²) < 4.78 is 2.17. The van der Waals surface area contributed by atoms with E-state index in [1.807, 2.05) is 0 Å². The van der Waals surface area contributed by atoms with Gasteiger partial charge in [-0.15, -0.1) is 0 Å². The van der Waals surface area contributed by atoms with Crippen LogP contribution in [0.15, 0.2) is 237 Å². The predicted octanol–water partition coefficient (Wildman–Crippen LogP) is 15.2. The van der Waals surface area contributed by atoms with Crippen molar-refractivity contribution in [1.82, 2.24) is 14.6 Å². The van der Waals surface area contributed by atoms with Gasteiger partial charge in [-0.25, -0.2) is 9.50 Å². The summed E-state index contributed by atoms with van der Waals surface area (Å²) in [6.45, 7) is 0. The minimum absolute atomic E-state index is 0.933. The van der Waals surface area contributed by atoms with Crippen LogP contribution in [0.25, 0.3) is 106 Å². The average Bonchev–Trinajstić information content (AvgIpc) is 3.76. The lowest BCUT2D eigenvalue weighted by Crippen LogP contribution is -1.97. The van der Waals surface area contributed by atoms with Crippen LogP contribution in [-0.2, 0) is 0 Å². The van der Waals surface area contributed by atoms with Crippen molar-refractivity contribution in [1.29, 1.82) is 0 Å². The lowest BCUT2D eigenvalue weighted by atomic mass is 9.92. The van der Waals surface area contributed by atoms with Gasteiger partial charge in [0.1, 0.15) is 5.69 Å². The minimum Gasteiger partial charge on any atom is -0.248 e. The van der Waals surface area contributed by atoms with Crippen LogP contribution in [0, 0.1) is 0 Å². The molecule has 0 N–H and O–H groups in total. The highest BCUT2D eigenvalue weighted by Crippen LogP contribution is 2.43. The summed E-state index contributed by atoms with van der Waals surface area (Å²) in [7, 11) is 0. The highest BCUT2D eigenvalue weighted by molar-refractivity contribution is 6.12. The van der Waals surface area contributed by atoms with Crippen molar-refractivity contribution in [3.05, 3.63) is 237 Å². The Balaban J connectivity index is 1.12. The van der Waals surface area contributed by atoms with Gasteiger partial charge in [-0.3, -0.25) is 0 Å². The number of hydrogen-bond acceptors (Lipinski definition) is 2.